The number of halogens is 2. The fourth-order valence-corrected chi connectivity index (χ4v) is 3.71. The van der Waals surface area contributed by atoms with Crippen molar-refractivity contribution in [2.75, 3.05) is 26.7 Å². The standard InChI is InChI=1S/C18H27N3O.2ClH/c1-19-16-9-12-20(13-10-16)18(22)17-8-5-11-21(17)14-15-6-3-2-4-7-15;;/h2-4,6-7,16-17,19H,5,8-14H2,1H3;2*1H. The van der Waals surface area contributed by atoms with Gasteiger partial charge in [-0.05, 0) is 44.8 Å². The molecule has 4 nitrogen and oxygen atoms in total. The van der Waals surface area contributed by atoms with E-state index in [2.05, 4.69) is 39.4 Å². The molecule has 1 amide bonds. The zero-order valence-electron chi connectivity index (χ0n) is 14.3. The minimum Gasteiger partial charge on any atom is -0.341 e. The van der Waals surface area contributed by atoms with E-state index in [0.717, 1.165) is 51.9 Å². The summed E-state index contributed by atoms with van der Waals surface area (Å²) in [6.45, 7) is 3.74. The highest BCUT2D eigenvalue weighted by Gasteiger charge is 2.34. The van der Waals surface area contributed by atoms with E-state index in [0.29, 0.717) is 11.9 Å². The van der Waals surface area contributed by atoms with Crippen molar-refractivity contribution < 1.29 is 4.79 Å². The molecule has 2 aliphatic rings. The van der Waals surface area contributed by atoms with Gasteiger partial charge in [0.15, 0.2) is 0 Å². The van der Waals surface area contributed by atoms with Gasteiger partial charge < -0.3 is 10.2 Å². The molecule has 0 saturated carbocycles. The zero-order chi connectivity index (χ0) is 15.4. The van der Waals surface area contributed by atoms with E-state index >= 15 is 0 Å². The van der Waals surface area contributed by atoms with Crippen molar-refractivity contribution in [3.63, 3.8) is 0 Å². The van der Waals surface area contributed by atoms with Gasteiger partial charge in [-0.2, -0.15) is 0 Å². The van der Waals surface area contributed by atoms with Crippen molar-refractivity contribution in [3.05, 3.63) is 35.9 Å². The third kappa shape index (κ3) is 5.09. The van der Waals surface area contributed by atoms with Crippen LogP contribution in [0.1, 0.15) is 31.2 Å². The molecule has 2 fully saturated rings. The molecule has 0 spiro atoms. The summed E-state index contributed by atoms with van der Waals surface area (Å²) in [6.07, 6.45) is 4.30. The Kier molecular flexibility index (Phi) is 9.06. The molecular weight excluding hydrogens is 345 g/mol. The number of rotatable bonds is 4. The lowest BCUT2D eigenvalue weighted by Crippen LogP contribution is -2.50. The number of likely N-dealkylation sites (tertiary alicyclic amines) is 2. The lowest BCUT2D eigenvalue weighted by molar-refractivity contribution is -0.137. The van der Waals surface area contributed by atoms with Gasteiger partial charge in [-0.1, -0.05) is 30.3 Å². The maximum Gasteiger partial charge on any atom is 0.239 e. The topological polar surface area (TPSA) is 35.6 Å². The number of hydrogen-bond donors (Lipinski definition) is 1. The molecule has 2 heterocycles. The molecule has 2 aliphatic heterocycles. The van der Waals surface area contributed by atoms with E-state index < -0.39 is 0 Å². The first-order valence-electron chi connectivity index (χ1n) is 8.52. The number of benzene rings is 1. The fraction of sp³-hybridized carbons (Fsp3) is 0.611. The van der Waals surface area contributed by atoms with Crippen LogP contribution >= 0.6 is 24.8 Å². The predicted molar refractivity (Wildman–Crippen MR) is 103 cm³/mol. The zero-order valence-corrected chi connectivity index (χ0v) is 16.0. The van der Waals surface area contributed by atoms with Gasteiger partial charge in [0, 0.05) is 25.7 Å². The second-order valence-corrected chi connectivity index (χ2v) is 6.50. The van der Waals surface area contributed by atoms with Crippen LogP contribution in [0.25, 0.3) is 0 Å². The normalized spacial score (nSPS) is 21.9. The van der Waals surface area contributed by atoms with Crippen LogP contribution in [0, 0.1) is 0 Å². The van der Waals surface area contributed by atoms with Crippen LogP contribution in [0.2, 0.25) is 0 Å². The summed E-state index contributed by atoms with van der Waals surface area (Å²) in [5, 5.41) is 3.33. The number of nitrogens with one attached hydrogen (secondary N) is 1. The highest BCUT2D eigenvalue weighted by Crippen LogP contribution is 2.23. The molecular formula is C18H29Cl2N3O. The van der Waals surface area contributed by atoms with E-state index in [9.17, 15) is 4.79 Å². The van der Waals surface area contributed by atoms with E-state index in [-0.39, 0.29) is 30.9 Å². The number of hydrogen-bond acceptors (Lipinski definition) is 3. The summed E-state index contributed by atoms with van der Waals surface area (Å²) in [7, 11) is 2.01. The van der Waals surface area contributed by atoms with Crippen LogP contribution in [0.15, 0.2) is 30.3 Å². The third-order valence-electron chi connectivity index (χ3n) is 5.09. The first-order chi connectivity index (χ1) is 10.8. The molecule has 24 heavy (non-hydrogen) atoms. The molecule has 0 radical (unpaired) electrons. The number of amides is 1. The molecule has 0 bridgehead atoms. The highest BCUT2D eigenvalue weighted by molar-refractivity contribution is 5.85. The number of carbonyl (C=O) groups is 1. The van der Waals surface area contributed by atoms with Crippen molar-refractivity contribution in [1.29, 1.82) is 0 Å². The average Bonchev–Trinajstić information content (AvgIpc) is 3.03. The van der Waals surface area contributed by atoms with Gasteiger partial charge in [-0.15, -0.1) is 24.8 Å². The van der Waals surface area contributed by atoms with Crippen LogP contribution < -0.4 is 5.32 Å². The molecule has 1 aromatic rings. The van der Waals surface area contributed by atoms with Crippen LogP contribution in [0.4, 0.5) is 0 Å². The van der Waals surface area contributed by atoms with Gasteiger partial charge in [-0.3, -0.25) is 9.69 Å². The van der Waals surface area contributed by atoms with Crippen molar-refractivity contribution in [1.82, 2.24) is 15.1 Å². The van der Waals surface area contributed by atoms with Crippen molar-refractivity contribution in [3.8, 4) is 0 Å². The smallest absolute Gasteiger partial charge is 0.239 e. The molecule has 6 heteroatoms. The second-order valence-electron chi connectivity index (χ2n) is 6.50. The SMILES string of the molecule is CNC1CCN(C(=O)C2CCCN2Cc2ccccc2)CC1.Cl.Cl. The Hall–Kier alpha value is -0.810. The summed E-state index contributed by atoms with van der Waals surface area (Å²) in [5.74, 6) is 0.350. The van der Waals surface area contributed by atoms with Gasteiger partial charge in [-0.25, -0.2) is 0 Å². The Morgan fingerprint density at radius 2 is 1.75 bits per heavy atom. The van der Waals surface area contributed by atoms with Gasteiger partial charge in [0.2, 0.25) is 5.91 Å². The van der Waals surface area contributed by atoms with Crippen LogP contribution in [0.3, 0.4) is 0 Å². The number of piperidine rings is 1. The van der Waals surface area contributed by atoms with Crippen LogP contribution in [-0.4, -0.2) is 54.5 Å². The summed E-state index contributed by atoms with van der Waals surface area (Å²) in [6, 6.07) is 11.2. The Balaban J connectivity index is 0.00000144. The number of nitrogens with zero attached hydrogens (tertiary/aromatic N) is 2. The second kappa shape index (κ2) is 10.2. The third-order valence-corrected chi connectivity index (χ3v) is 5.09. The molecule has 3 rings (SSSR count). The Morgan fingerprint density at radius 1 is 1.08 bits per heavy atom. The Labute approximate surface area is 157 Å². The molecule has 136 valence electrons. The van der Waals surface area contributed by atoms with Gasteiger partial charge in [0.25, 0.3) is 0 Å². The summed E-state index contributed by atoms with van der Waals surface area (Å²) >= 11 is 0. The van der Waals surface area contributed by atoms with Gasteiger partial charge in [0.05, 0.1) is 6.04 Å². The van der Waals surface area contributed by atoms with Crippen LogP contribution in [0.5, 0.6) is 0 Å². The average molecular weight is 374 g/mol. The maximum atomic E-state index is 12.9. The first kappa shape index (κ1) is 21.2. The van der Waals surface area contributed by atoms with E-state index in [1.165, 1.54) is 5.56 Å². The van der Waals surface area contributed by atoms with Gasteiger partial charge in [0.1, 0.15) is 0 Å². The van der Waals surface area contributed by atoms with Crippen molar-refractivity contribution in [2.24, 2.45) is 0 Å². The summed E-state index contributed by atoms with van der Waals surface area (Å²) < 4.78 is 0. The van der Waals surface area contributed by atoms with E-state index in [1.54, 1.807) is 0 Å². The monoisotopic (exact) mass is 373 g/mol. The van der Waals surface area contributed by atoms with E-state index in [4.69, 9.17) is 0 Å². The molecule has 0 aromatic heterocycles. The van der Waals surface area contributed by atoms with Crippen molar-refractivity contribution >= 4 is 30.7 Å². The minimum absolute atomic E-state index is 0. The Bertz CT molecular complexity index is 492. The summed E-state index contributed by atoms with van der Waals surface area (Å²) in [4.78, 5) is 17.3. The first-order valence-corrected chi connectivity index (χ1v) is 8.52. The molecule has 1 unspecified atom stereocenters. The molecule has 1 N–H and O–H groups in total. The van der Waals surface area contributed by atoms with E-state index in [1.807, 2.05) is 13.1 Å². The van der Waals surface area contributed by atoms with Gasteiger partial charge >= 0.3 is 0 Å². The lowest BCUT2D eigenvalue weighted by Gasteiger charge is -2.35. The minimum atomic E-state index is 0. The highest BCUT2D eigenvalue weighted by atomic mass is 35.5. The Morgan fingerprint density at radius 3 is 2.38 bits per heavy atom. The molecule has 2 saturated heterocycles. The fourth-order valence-electron chi connectivity index (χ4n) is 3.71. The van der Waals surface area contributed by atoms with Crippen molar-refractivity contribution in [2.45, 2.75) is 44.3 Å². The molecule has 1 aromatic carbocycles. The lowest BCUT2D eigenvalue weighted by atomic mass is 10.0. The molecule has 0 aliphatic carbocycles. The molecule has 1 atom stereocenters. The largest absolute Gasteiger partial charge is 0.341 e. The number of carbonyl (C=O) groups excluding carboxylic acids is 1. The van der Waals surface area contributed by atoms with Crippen LogP contribution in [-0.2, 0) is 11.3 Å². The quantitative estimate of drug-likeness (QED) is 0.880. The summed E-state index contributed by atoms with van der Waals surface area (Å²) in [5.41, 5.74) is 1.30. The maximum absolute atomic E-state index is 12.9. The predicted octanol–water partition coefficient (Wildman–Crippen LogP) is 2.71.